The first-order chi connectivity index (χ1) is 7.75. The molecule has 0 spiro atoms. The monoisotopic (exact) mass is 278 g/mol. The highest BCUT2D eigenvalue weighted by molar-refractivity contribution is 7.91. The summed E-state index contributed by atoms with van der Waals surface area (Å²) in [5.74, 6) is 0. The van der Waals surface area contributed by atoms with Crippen molar-refractivity contribution in [3.05, 3.63) is 17.0 Å². The third-order valence-electron chi connectivity index (χ3n) is 2.69. The molecule has 0 fully saturated rings. The van der Waals surface area contributed by atoms with Crippen LogP contribution in [0.2, 0.25) is 0 Å². The van der Waals surface area contributed by atoms with E-state index in [4.69, 9.17) is 5.73 Å². The highest BCUT2D eigenvalue weighted by Crippen LogP contribution is 2.27. The van der Waals surface area contributed by atoms with E-state index >= 15 is 0 Å². The zero-order valence-corrected chi connectivity index (χ0v) is 11.8. The number of hydrogen-bond donors (Lipinski definition) is 2. The highest BCUT2D eigenvalue weighted by Gasteiger charge is 2.34. The Bertz CT molecular complexity index is 479. The maximum absolute atomic E-state index is 12.3. The summed E-state index contributed by atoms with van der Waals surface area (Å²) in [5, 5.41) is 9.20. The second kappa shape index (κ2) is 5.03. The van der Waals surface area contributed by atoms with Crippen molar-refractivity contribution in [1.82, 2.24) is 4.31 Å². The Kier molecular flexibility index (Phi) is 4.32. The second-order valence-corrected chi connectivity index (χ2v) is 7.73. The van der Waals surface area contributed by atoms with Crippen molar-refractivity contribution in [2.24, 2.45) is 5.73 Å². The average molecular weight is 278 g/mol. The zero-order valence-electron chi connectivity index (χ0n) is 10.2. The lowest BCUT2D eigenvalue weighted by Crippen LogP contribution is -2.47. The number of likely N-dealkylation sites (N-methyl/N-ethyl adjacent to an activating group) is 1. The van der Waals surface area contributed by atoms with Gasteiger partial charge in [0, 0.05) is 18.5 Å². The van der Waals surface area contributed by atoms with Gasteiger partial charge in [-0.15, -0.1) is 11.3 Å². The van der Waals surface area contributed by atoms with E-state index < -0.39 is 15.6 Å². The van der Waals surface area contributed by atoms with Crippen molar-refractivity contribution >= 4 is 21.4 Å². The van der Waals surface area contributed by atoms with Gasteiger partial charge in [-0.25, -0.2) is 8.42 Å². The molecule has 0 aliphatic rings. The van der Waals surface area contributed by atoms with E-state index in [-0.39, 0.29) is 10.8 Å². The summed E-state index contributed by atoms with van der Waals surface area (Å²) in [7, 11) is -2.10. The predicted molar refractivity (Wildman–Crippen MR) is 68.3 cm³/mol. The lowest BCUT2D eigenvalue weighted by atomic mass is 10.1. The number of nitrogens with two attached hydrogens (primary N) is 1. The molecule has 0 aliphatic heterocycles. The fraction of sp³-hybridized carbons (Fsp3) is 0.600. The van der Waals surface area contributed by atoms with Crippen LogP contribution in [-0.2, 0) is 16.6 Å². The molecule has 0 saturated heterocycles. The summed E-state index contributed by atoms with van der Waals surface area (Å²) in [6, 6.07) is 3.25. The maximum Gasteiger partial charge on any atom is 0.252 e. The van der Waals surface area contributed by atoms with E-state index in [1.807, 2.05) is 0 Å². The molecule has 5 nitrogen and oxygen atoms in total. The van der Waals surface area contributed by atoms with E-state index in [1.54, 1.807) is 26.0 Å². The first-order valence-electron chi connectivity index (χ1n) is 5.14. The van der Waals surface area contributed by atoms with Gasteiger partial charge in [0.1, 0.15) is 4.21 Å². The Balaban J connectivity index is 3.11. The standard InChI is InChI=1S/C10H18N2O3S2/c1-10(2,7-13)12(3)17(14,15)9-5-4-8(6-11)16-9/h4-5,13H,6-7,11H2,1-3H3. The minimum Gasteiger partial charge on any atom is -0.394 e. The largest absolute Gasteiger partial charge is 0.394 e. The molecule has 1 aromatic rings. The second-order valence-electron chi connectivity index (χ2n) is 4.37. The van der Waals surface area contributed by atoms with Gasteiger partial charge in [0.2, 0.25) is 0 Å². The number of thiophene rings is 1. The van der Waals surface area contributed by atoms with Crippen LogP contribution < -0.4 is 5.73 Å². The molecule has 0 amide bonds. The van der Waals surface area contributed by atoms with Crippen molar-refractivity contribution in [2.75, 3.05) is 13.7 Å². The summed E-state index contributed by atoms with van der Waals surface area (Å²) in [6.07, 6.45) is 0. The van der Waals surface area contributed by atoms with Gasteiger partial charge in [0.25, 0.3) is 10.0 Å². The van der Waals surface area contributed by atoms with Crippen molar-refractivity contribution in [3.8, 4) is 0 Å². The molecule has 0 aliphatic carbocycles. The molecule has 1 aromatic heterocycles. The molecule has 98 valence electrons. The van der Waals surface area contributed by atoms with Gasteiger partial charge < -0.3 is 10.8 Å². The van der Waals surface area contributed by atoms with Crippen LogP contribution in [0.25, 0.3) is 0 Å². The zero-order chi connectivity index (χ0) is 13.3. The molecule has 0 bridgehead atoms. The van der Waals surface area contributed by atoms with E-state index in [0.29, 0.717) is 6.54 Å². The van der Waals surface area contributed by atoms with Crippen molar-refractivity contribution in [3.63, 3.8) is 0 Å². The minimum absolute atomic E-state index is 0.238. The molecule has 1 rings (SSSR count). The normalized spacial score (nSPS) is 13.3. The maximum atomic E-state index is 12.3. The quantitative estimate of drug-likeness (QED) is 0.826. The number of hydrogen-bond acceptors (Lipinski definition) is 5. The van der Waals surface area contributed by atoms with Gasteiger partial charge >= 0.3 is 0 Å². The molecule has 17 heavy (non-hydrogen) atoms. The molecule has 0 atom stereocenters. The lowest BCUT2D eigenvalue weighted by Gasteiger charge is -2.32. The first-order valence-corrected chi connectivity index (χ1v) is 7.40. The number of nitrogens with zero attached hydrogens (tertiary/aromatic N) is 1. The molecule has 1 heterocycles. The van der Waals surface area contributed by atoms with Crippen LogP contribution >= 0.6 is 11.3 Å². The number of sulfonamides is 1. The molecular weight excluding hydrogens is 260 g/mol. The molecule has 0 radical (unpaired) electrons. The van der Waals surface area contributed by atoms with Crippen molar-refractivity contribution in [1.29, 1.82) is 0 Å². The van der Waals surface area contributed by atoms with Gasteiger partial charge in [-0.2, -0.15) is 4.31 Å². The van der Waals surface area contributed by atoms with Crippen LogP contribution in [0.5, 0.6) is 0 Å². The number of aliphatic hydroxyl groups is 1. The van der Waals surface area contributed by atoms with Gasteiger partial charge in [-0.1, -0.05) is 0 Å². The Morgan fingerprint density at radius 1 is 1.47 bits per heavy atom. The smallest absolute Gasteiger partial charge is 0.252 e. The highest BCUT2D eigenvalue weighted by atomic mass is 32.2. The minimum atomic E-state index is -3.56. The van der Waals surface area contributed by atoms with Gasteiger partial charge in [0.05, 0.1) is 12.1 Å². The fourth-order valence-corrected chi connectivity index (χ4v) is 4.08. The Labute approximate surface area is 106 Å². The fourth-order valence-electron chi connectivity index (χ4n) is 1.17. The van der Waals surface area contributed by atoms with Crippen LogP contribution in [0, 0.1) is 0 Å². The third kappa shape index (κ3) is 2.86. The SMILES string of the molecule is CN(C(C)(C)CO)S(=O)(=O)c1ccc(CN)s1. The Morgan fingerprint density at radius 3 is 2.47 bits per heavy atom. The molecular formula is C10H18N2O3S2. The first kappa shape index (κ1) is 14.6. The van der Waals surface area contributed by atoms with Crippen LogP contribution in [0.1, 0.15) is 18.7 Å². The number of rotatable bonds is 5. The topological polar surface area (TPSA) is 83.6 Å². The van der Waals surface area contributed by atoms with E-state index in [1.165, 1.54) is 11.4 Å². The summed E-state index contributed by atoms with van der Waals surface area (Å²) >= 11 is 1.16. The summed E-state index contributed by atoms with van der Waals surface area (Å²) < 4.78 is 25.9. The summed E-state index contributed by atoms with van der Waals surface area (Å²) in [4.78, 5) is 0.818. The van der Waals surface area contributed by atoms with Crippen molar-refractivity contribution < 1.29 is 13.5 Å². The van der Waals surface area contributed by atoms with Crippen LogP contribution in [-0.4, -0.2) is 37.0 Å². The van der Waals surface area contributed by atoms with E-state index in [2.05, 4.69) is 0 Å². The predicted octanol–water partition coefficient (Wildman–Crippen LogP) is 0.598. The van der Waals surface area contributed by atoms with Crippen LogP contribution in [0.4, 0.5) is 0 Å². The number of aliphatic hydroxyl groups excluding tert-OH is 1. The van der Waals surface area contributed by atoms with E-state index in [0.717, 1.165) is 16.2 Å². The molecule has 3 N–H and O–H groups in total. The molecule has 7 heteroatoms. The Hall–Kier alpha value is -0.470. The van der Waals surface area contributed by atoms with Crippen LogP contribution in [0.3, 0.4) is 0 Å². The summed E-state index contributed by atoms with van der Waals surface area (Å²) in [6.45, 7) is 3.43. The summed E-state index contributed by atoms with van der Waals surface area (Å²) in [5.41, 5.74) is 4.63. The van der Waals surface area contributed by atoms with Crippen molar-refractivity contribution in [2.45, 2.75) is 30.1 Å². The van der Waals surface area contributed by atoms with E-state index in [9.17, 15) is 13.5 Å². The van der Waals surface area contributed by atoms with Gasteiger partial charge in [0.15, 0.2) is 0 Å². The molecule has 0 unspecified atom stereocenters. The molecule has 0 aromatic carbocycles. The average Bonchev–Trinajstić information content (AvgIpc) is 2.77. The third-order valence-corrected chi connectivity index (χ3v) is 6.34. The lowest BCUT2D eigenvalue weighted by molar-refractivity contribution is 0.138. The molecule has 0 saturated carbocycles. The Morgan fingerprint density at radius 2 is 2.06 bits per heavy atom. The van der Waals surface area contributed by atoms with Gasteiger partial charge in [-0.3, -0.25) is 0 Å². The van der Waals surface area contributed by atoms with Crippen LogP contribution in [0.15, 0.2) is 16.3 Å². The van der Waals surface area contributed by atoms with Gasteiger partial charge in [-0.05, 0) is 26.0 Å².